The number of hydrogen-bond donors (Lipinski definition) is 0. The second kappa shape index (κ2) is 6.05. The summed E-state index contributed by atoms with van der Waals surface area (Å²) in [5, 5.41) is 3.43. The Kier molecular flexibility index (Phi) is 3.92. The molecule has 2 aliphatic rings. The summed E-state index contributed by atoms with van der Waals surface area (Å²) in [7, 11) is 0. The summed E-state index contributed by atoms with van der Waals surface area (Å²) in [5.74, 6) is 1.67. The second-order valence-electron chi connectivity index (χ2n) is 6.53. The fourth-order valence-electron chi connectivity index (χ4n) is 3.22. The molecule has 1 saturated carbocycles. The van der Waals surface area contributed by atoms with Crippen LogP contribution in [0.4, 0.5) is 0 Å². The van der Waals surface area contributed by atoms with Gasteiger partial charge in [0, 0.05) is 41.5 Å². The van der Waals surface area contributed by atoms with Gasteiger partial charge in [0.25, 0.3) is 0 Å². The summed E-state index contributed by atoms with van der Waals surface area (Å²) in [4.78, 5) is 16.4. The van der Waals surface area contributed by atoms with Crippen LogP contribution in [-0.2, 0) is 6.54 Å². The number of nitrogens with zero attached hydrogens (tertiary/aromatic N) is 4. The first kappa shape index (κ1) is 14.3. The molecule has 5 heteroatoms. The average molecular weight is 314 g/mol. The molecule has 22 heavy (non-hydrogen) atoms. The van der Waals surface area contributed by atoms with Crippen molar-refractivity contribution in [3.63, 3.8) is 0 Å². The summed E-state index contributed by atoms with van der Waals surface area (Å²) in [6.45, 7) is 4.17. The standard InChI is InChI=1S/C17H22N4S/c1-12-11-22-17(20-12)15-4-2-3-7-21(15)10-13-8-18-16(19-9-13)14-5-6-14/h8-9,11,14-15H,2-7,10H2,1H3. The minimum Gasteiger partial charge on any atom is -0.290 e. The minimum absolute atomic E-state index is 0.468. The van der Waals surface area contributed by atoms with Crippen molar-refractivity contribution in [2.75, 3.05) is 6.54 Å². The molecular weight excluding hydrogens is 292 g/mol. The lowest BCUT2D eigenvalue weighted by atomic mass is 10.0. The quantitative estimate of drug-likeness (QED) is 0.859. The summed E-state index contributed by atoms with van der Waals surface area (Å²) in [6, 6.07) is 0.468. The van der Waals surface area contributed by atoms with Crippen LogP contribution in [0.3, 0.4) is 0 Å². The predicted molar refractivity (Wildman–Crippen MR) is 87.9 cm³/mol. The van der Waals surface area contributed by atoms with Gasteiger partial charge in [-0.2, -0.15) is 0 Å². The lowest BCUT2D eigenvalue weighted by molar-refractivity contribution is 0.140. The third-order valence-corrected chi connectivity index (χ3v) is 5.65. The van der Waals surface area contributed by atoms with Gasteiger partial charge in [-0.05, 0) is 39.2 Å². The Morgan fingerprint density at radius 2 is 2.00 bits per heavy atom. The number of likely N-dealkylation sites (tertiary alicyclic amines) is 1. The van der Waals surface area contributed by atoms with E-state index in [0.29, 0.717) is 12.0 Å². The largest absolute Gasteiger partial charge is 0.290 e. The molecule has 3 heterocycles. The fraction of sp³-hybridized carbons (Fsp3) is 0.588. The molecule has 0 amide bonds. The molecule has 4 nitrogen and oxygen atoms in total. The maximum absolute atomic E-state index is 4.72. The van der Waals surface area contributed by atoms with Crippen LogP contribution in [0.2, 0.25) is 0 Å². The molecule has 0 spiro atoms. The monoisotopic (exact) mass is 314 g/mol. The molecule has 116 valence electrons. The number of hydrogen-bond acceptors (Lipinski definition) is 5. The van der Waals surface area contributed by atoms with E-state index >= 15 is 0 Å². The Morgan fingerprint density at radius 3 is 2.68 bits per heavy atom. The molecule has 1 saturated heterocycles. The van der Waals surface area contributed by atoms with Gasteiger partial charge < -0.3 is 0 Å². The number of aryl methyl sites for hydroxylation is 1. The SMILES string of the molecule is Cc1csc(C2CCCCN2Cc2cnc(C3CC3)nc2)n1. The van der Waals surface area contributed by atoms with Gasteiger partial charge >= 0.3 is 0 Å². The molecule has 2 fully saturated rings. The Bertz CT molecular complexity index is 632. The molecule has 0 N–H and O–H groups in total. The van der Waals surface area contributed by atoms with Gasteiger partial charge in [-0.15, -0.1) is 11.3 Å². The smallest absolute Gasteiger partial charge is 0.131 e. The van der Waals surface area contributed by atoms with Gasteiger partial charge in [0.1, 0.15) is 10.8 Å². The van der Waals surface area contributed by atoms with Gasteiger partial charge in [-0.3, -0.25) is 4.90 Å². The van der Waals surface area contributed by atoms with Gasteiger partial charge in [0.2, 0.25) is 0 Å². The molecule has 1 atom stereocenters. The molecule has 4 rings (SSSR count). The zero-order valence-electron chi connectivity index (χ0n) is 13.0. The van der Waals surface area contributed by atoms with Crippen LogP contribution in [0, 0.1) is 6.92 Å². The Morgan fingerprint density at radius 1 is 1.18 bits per heavy atom. The van der Waals surface area contributed by atoms with Crippen LogP contribution in [0.25, 0.3) is 0 Å². The molecule has 0 bridgehead atoms. The number of aromatic nitrogens is 3. The molecule has 1 aliphatic heterocycles. The Balaban J connectivity index is 1.49. The zero-order chi connectivity index (χ0) is 14.9. The van der Waals surface area contributed by atoms with Crippen molar-refractivity contribution in [3.05, 3.63) is 39.9 Å². The first-order valence-electron chi connectivity index (χ1n) is 8.26. The minimum atomic E-state index is 0.468. The number of thiazole rings is 1. The van der Waals surface area contributed by atoms with Crippen LogP contribution in [0.5, 0.6) is 0 Å². The van der Waals surface area contributed by atoms with E-state index in [-0.39, 0.29) is 0 Å². The van der Waals surface area contributed by atoms with Gasteiger partial charge in [0.05, 0.1) is 6.04 Å². The van der Waals surface area contributed by atoms with Crippen LogP contribution in [-0.4, -0.2) is 26.4 Å². The van der Waals surface area contributed by atoms with Gasteiger partial charge in [0.15, 0.2) is 0 Å². The fourth-order valence-corrected chi connectivity index (χ4v) is 4.18. The highest BCUT2D eigenvalue weighted by Crippen LogP contribution is 2.38. The summed E-state index contributed by atoms with van der Waals surface area (Å²) < 4.78 is 0. The van der Waals surface area contributed by atoms with E-state index in [9.17, 15) is 0 Å². The lowest BCUT2D eigenvalue weighted by Crippen LogP contribution is -2.33. The van der Waals surface area contributed by atoms with Crippen molar-refractivity contribution in [3.8, 4) is 0 Å². The molecule has 0 aromatic carbocycles. The van der Waals surface area contributed by atoms with Gasteiger partial charge in [-0.25, -0.2) is 15.0 Å². The number of piperidine rings is 1. The van der Waals surface area contributed by atoms with E-state index in [0.717, 1.165) is 24.6 Å². The van der Waals surface area contributed by atoms with E-state index in [1.807, 2.05) is 12.4 Å². The van der Waals surface area contributed by atoms with E-state index < -0.39 is 0 Å². The predicted octanol–water partition coefficient (Wildman–Crippen LogP) is 3.85. The maximum atomic E-state index is 4.72. The van der Waals surface area contributed by atoms with Crippen LogP contribution in [0.1, 0.15) is 66.2 Å². The van der Waals surface area contributed by atoms with Crippen LogP contribution in [0.15, 0.2) is 17.8 Å². The first-order valence-corrected chi connectivity index (χ1v) is 9.14. The normalized spacial score (nSPS) is 22.9. The van der Waals surface area contributed by atoms with E-state index in [4.69, 9.17) is 4.98 Å². The maximum Gasteiger partial charge on any atom is 0.131 e. The molecule has 2 aromatic rings. The highest BCUT2D eigenvalue weighted by atomic mass is 32.1. The summed E-state index contributed by atoms with van der Waals surface area (Å²) >= 11 is 1.80. The van der Waals surface area contributed by atoms with E-state index in [1.54, 1.807) is 11.3 Å². The van der Waals surface area contributed by atoms with Crippen molar-refractivity contribution >= 4 is 11.3 Å². The zero-order valence-corrected chi connectivity index (χ0v) is 13.9. The first-order chi connectivity index (χ1) is 10.8. The number of rotatable bonds is 4. The topological polar surface area (TPSA) is 41.9 Å². The van der Waals surface area contributed by atoms with Crippen molar-refractivity contribution in [1.82, 2.24) is 19.9 Å². The highest BCUT2D eigenvalue weighted by Gasteiger charge is 2.28. The van der Waals surface area contributed by atoms with Gasteiger partial charge in [-0.1, -0.05) is 6.42 Å². The molecule has 2 aromatic heterocycles. The van der Waals surface area contributed by atoms with E-state index in [2.05, 4.69) is 27.2 Å². The average Bonchev–Trinajstić information content (AvgIpc) is 3.30. The molecule has 1 aliphatic carbocycles. The van der Waals surface area contributed by atoms with Crippen molar-refractivity contribution in [1.29, 1.82) is 0 Å². The lowest BCUT2D eigenvalue weighted by Gasteiger charge is -2.34. The molecule has 0 radical (unpaired) electrons. The van der Waals surface area contributed by atoms with Crippen molar-refractivity contribution in [2.24, 2.45) is 0 Å². The Hall–Kier alpha value is -1.33. The Labute approximate surface area is 135 Å². The third kappa shape index (κ3) is 3.06. The van der Waals surface area contributed by atoms with E-state index in [1.165, 1.54) is 42.7 Å². The van der Waals surface area contributed by atoms with Crippen LogP contribution < -0.4 is 0 Å². The van der Waals surface area contributed by atoms with Crippen LogP contribution >= 0.6 is 11.3 Å². The highest BCUT2D eigenvalue weighted by molar-refractivity contribution is 7.09. The summed E-state index contributed by atoms with van der Waals surface area (Å²) in [5.41, 5.74) is 2.37. The van der Waals surface area contributed by atoms with Crippen molar-refractivity contribution in [2.45, 2.75) is 57.5 Å². The third-order valence-electron chi connectivity index (χ3n) is 4.59. The molecular formula is C17H22N4S. The second-order valence-corrected chi connectivity index (χ2v) is 7.42. The molecule has 1 unspecified atom stereocenters. The van der Waals surface area contributed by atoms with Crippen molar-refractivity contribution < 1.29 is 0 Å². The summed E-state index contributed by atoms with van der Waals surface area (Å²) in [6.07, 6.45) is 10.4.